The summed E-state index contributed by atoms with van der Waals surface area (Å²) < 4.78 is 5.75. The van der Waals surface area contributed by atoms with Crippen LogP contribution in [0.15, 0.2) is 54.6 Å². The minimum absolute atomic E-state index is 0. The van der Waals surface area contributed by atoms with Crippen LogP contribution in [0.25, 0.3) is 0 Å². The SMILES string of the molecule is CC(C)(C(=O)NO)N(CCC(=O)O)Cc1ccc(Oc2ccccc2)cc1.[CH3-].[U].[V]. The van der Waals surface area contributed by atoms with Crippen molar-refractivity contribution in [3.8, 4) is 11.5 Å². The predicted octanol–water partition coefficient (Wildman–Crippen LogP) is 3.49. The van der Waals surface area contributed by atoms with Crippen molar-refractivity contribution in [3.05, 3.63) is 67.6 Å². The third-order valence-electron chi connectivity index (χ3n) is 4.32. The number of amides is 1. The largest absolute Gasteiger partial charge is 0.481 e. The molecule has 0 spiro atoms. The summed E-state index contributed by atoms with van der Waals surface area (Å²) in [6, 6.07) is 16.8. The molecule has 0 atom stereocenters. The number of aliphatic carboxylic acids is 1. The van der Waals surface area contributed by atoms with Crippen LogP contribution in [0.1, 0.15) is 25.8 Å². The molecule has 1 amide bonds. The van der Waals surface area contributed by atoms with Gasteiger partial charge in [0.05, 0.1) is 12.0 Å². The molecule has 0 saturated heterocycles. The minimum Gasteiger partial charge on any atom is -0.481 e. The van der Waals surface area contributed by atoms with Crippen LogP contribution in [0.4, 0.5) is 0 Å². The first-order chi connectivity index (χ1) is 12.8. The zero-order valence-corrected chi connectivity index (χ0v) is 22.9. The average molecular weight is 676 g/mol. The van der Waals surface area contributed by atoms with Gasteiger partial charge < -0.3 is 17.3 Å². The van der Waals surface area contributed by atoms with Crippen LogP contribution in [0.3, 0.4) is 0 Å². The molecular weight excluding hydrogens is 649 g/mol. The number of nitrogens with zero attached hydrogens (tertiary/aromatic N) is 1. The molecule has 2 aromatic carbocycles. The van der Waals surface area contributed by atoms with E-state index in [1.54, 1.807) is 24.2 Å². The Morgan fingerprint density at radius 1 is 1.03 bits per heavy atom. The molecule has 7 nitrogen and oxygen atoms in total. The molecule has 3 N–H and O–H groups in total. The molecule has 2 rings (SSSR count). The van der Waals surface area contributed by atoms with Gasteiger partial charge >= 0.3 is 5.97 Å². The van der Waals surface area contributed by atoms with Gasteiger partial charge in [0, 0.05) is 62.8 Å². The number of carboxylic acids is 1. The van der Waals surface area contributed by atoms with Crippen LogP contribution in [0.5, 0.6) is 11.5 Å². The second-order valence-electron chi connectivity index (χ2n) is 6.62. The number of hydroxylamine groups is 1. The third kappa shape index (κ3) is 9.26. The Labute approximate surface area is 213 Å². The summed E-state index contributed by atoms with van der Waals surface area (Å²) >= 11 is 0. The van der Waals surface area contributed by atoms with E-state index in [0.717, 1.165) is 11.3 Å². The summed E-state index contributed by atoms with van der Waals surface area (Å²) in [6.07, 6.45) is -0.114. The monoisotopic (exact) mass is 676 g/mol. The number of benzene rings is 2. The van der Waals surface area contributed by atoms with E-state index in [1.807, 2.05) is 54.6 Å². The van der Waals surface area contributed by atoms with Gasteiger partial charge in [-0.2, -0.15) is 0 Å². The van der Waals surface area contributed by atoms with Gasteiger partial charge in [-0.15, -0.1) is 0 Å². The molecule has 1 radical (unpaired) electrons. The third-order valence-corrected chi connectivity index (χ3v) is 4.32. The second-order valence-corrected chi connectivity index (χ2v) is 6.62. The van der Waals surface area contributed by atoms with E-state index in [4.69, 9.17) is 15.1 Å². The minimum atomic E-state index is -1.08. The number of carbonyl (C=O) groups is 2. The summed E-state index contributed by atoms with van der Waals surface area (Å²) in [4.78, 5) is 24.7. The smallest absolute Gasteiger partial charge is 0.304 e. The Kier molecular flexibility index (Phi) is 15.1. The van der Waals surface area contributed by atoms with Crippen LogP contribution in [0.2, 0.25) is 0 Å². The van der Waals surface area contributed by atoms with Crippen LogP contribution in [0, 0.1) is 38.5 Å². The summed E-state index contributed by atoms with van der Waals surface area (Å²) in [7, 11) is 0. The Balaban J connectivity index is 0. The molecule has 0 aliphatic heterocycles. The normalized spacial score (nSPS) is 10.1. The van der Waals surface area contributed by atoms with Crippen molar-refractivity contribution in [2.45, 2.75) is 32.4 Å². The van der Waals surface area contributed by atoms with E-state index < -0.39 is 17.4 Å². The van der Waals surface area contributed by atoms with E-state index in [0.29, 0.717) is 12.3 Å². The Bertz CT molecular complexity index is 773. The average Bonchev–Trinajstić information content (AvgIpc) is 2.66. The Morgan fingerprint density at radius 2 is 1.57 bits per heavy atom. The number of para-hydroxylation sites is 1. The van der Waals surface area contributed by atoms with Gasteiger partial charge in [-0.05, 0) is 43.7 Å². The fourth-order valence-corrected chi connectivity index (χ4v) is 2.58. The molecule has 0 aliphatic carbocycles. The molecule has 161 valence electrons. The van der Waals surface area contributed by atoms with E-state index in [9.17, 15) is 9.59 Å². The van der Waals surface area contributed by atoms with Crippen LogP contribution < -0.4 is 10.2 Å². The first-order valence-electron chi connectivity index (χ1n) is 8.56. The Morgan fingerprint density at radius 3 is 2.07 bits per heavy atom. The predicted molar refractivity (Wildman–Crippen MR) is 106 cm³/mol. The molecule has 0 heterocycles. The van der Waals surface area contributed by atoms with Crippen molar-refractivity contribution in [3.63, 3.8) is 0 Å². The van der Waals surface area contributed by atoms with Crippen LogP contribution in [-0.4, -0.2) is 39.2 Å². The summed E-state index contributed by atoms with van der Waals surface area (Å²) in [5, 5.41) is 18.0. The molecular formula is C21H27N2O5UV-. The van der Waals surface area contributed by atoms with Gasteiger partial charge in [0.2, 0.25) is 0 Å². The van der Waals surface area contributed by atoms with Gasteiger partial charge in [-0.1, -0.05) is 30.3 Å². The number of hydrogen-bond acceptors (Lipinski definition) is 5. The fourth-order valence-electron chi connectivity index (χ4n) is 2.58. The first-order valence-corrected chi connectivity index (χ1v) is 8.56. The van der Waals surface area contributed by atoms with E-state index in [2.05, 4.69) is 0 Å². The maximum Gasteiger partial charge on any atom is 0.304 e. The Hall–Kier alpha value is -1.26. The first kappa shape index (κ1) is 30.9. The van der Waals surface area contributed by atoms with Crippen LogP contribution >= 0.6 is 0 Å². The van der Waals surface area contributed by atoms with Crippen molar-refractivity contribution in [1.29, 1.82) is 0 Å². The number of ether oxygens (including phenoxy) is 1. The summed E-state index contributed by atoms with van der Waals surface area (Å²) in [5.41, 5.74) is 1.46. The molecule has 0 aromatic heterocycles. The van der Waals surface area contributed by atoms with Crippen molar-refractivity contribution in [2.75, 3.05) is 6.54 Å². The number of nitrogens with one attached hydrogen (secondary N) is 1. The van der Waals surface area contributed by atoms with Gasteiger partial charge in [0.25, 0.3) is 5.91 Å². The topological polar surface area (TPSA) is 99.1 Å². The van der Waals surface area contributed by atoms with Crippen molar-refractivity contribution >= 4 is 11.9 Å². The van der Waals surface area contributed by atoms with Crippen LogP contribution in [-0.2, 0) is 34.7 Å². The zero-order chi connectivity index (χ0) is 19.9. The molecule has 0 saturated carbocycles. The molecule has 0 unspecified atom stereocenters. The fraction of sp³-hybridized carbons (Fsp3) is 0.286. The van der Waals surface area contributed by atoms with E-state index in [-0.39, 0.29) is 70.1 Å². The molecule has 2 aromatic rings. The summed E-state index contributed by atoms with van der Waals surface area (Å²) in [5.74, 6) is -0.146. The van der Waals surface area contributed by atoms with E-state index >= 15 is 0 Å². The number of rotatable bonds is 9. The van der Waals surface area contributed by atoms with Gasteiger partial charge in [-0.25, -0.2) is 5.48 Å². The standard InChI is InChI=1S/C20H24N2O5.CH3.U.V/c1-20(2,19(25)21-26)22(13-12-18(23)24)14-15-8-10-17(11-9-15)27-16-6-4-3-5-7-16;;;/h3-11,26H,12-14H2,1-2H3,(H,21,25)(H,23,24);1H3;;/q;-1;;. The number of hydrogen-bond donors (Lipinski definition) is 3. The van der Waals surface area contributed by atoms with Crippen molar-refractivity contribution < 1.29 is 74.3 Å². The number of carbonyl (C=O) groups excluding carboxylic acids is 1. The maximum atomic E-state index is 12.0. The molecule has 0 fully saturated rings. The molecule has 9 heteroatoms. The summed E-state index contributed by atoms with van der Waals surface area (Å²) in [6.45, 7) is 3.78. The van der Waals surface area contributed by atoms with Gasteiger partial charge in [0.1, 0.15) is 11.5 Å². The van der Waals surface area contributed by atoms with Gasteiger partial charge in [0.15, 0.2) is 0 Å². The maximum absolute atomic E-state index is 12.0. The molecule has 30 heavy (non-hydrogen) atoms. The number of carboxylic acid groups (broad SMARTS) is 1. The zero-order valence-electron chi connectivity index (χ0n) is 17.3. The van der Waals surface area contributed by atoms with E-state index in [1.165, 1.54) is 0 Å². The molecule has 0 bridgehead atoms. The van der Waals surface area contributed by atoms with Crippen molar-refractivity contribution in [2.24, 2.45) is 0 Å². The second kappa shape index (κ2) is 14.7. The van der Waals surface area contributed by atoms with Crippen molar-refractivity contribution in [1.82, 2.24) is 10.4 Å². The molecule has 0 aliphatic rings. The quantitative estimate of drug-likeness (QED) is 0.214. The van der Waals surface area contributed by atoms with Gasteiger partial charge in [-0.3, -0.25) is 19.7 Å².